The number of methoxy groups -OCH3 is 1. The van der Waals surface area contributed by atoms with Crippen molar-refractivity contribution < 1.29 is 38.1 Å². The van der Waals surface area contributed by atoms with Crippen molar-refractivity contribution in [2.75, 3.05) is 27.4 Å². The number of esters is 2. The van der Waals surface area contributed by atoms with Crippen LogP contribution in [-0.2, 0) is 33.3 Å². The van der Waals surface area contributed by atoms with E-state index in [1.165, 1.54) is 14.0 Å². The number of alkyl carbamates (subject to hydrolysis) is 1. The molecule has 2 N–H and O–H groups in total. The summed E-state index contributed by atoms with van der Waals surface area (Å²) in [7, 11) is 1.32. The quantitative estimate of drug-likeness (QED) is 0.366. The van der Waals surface area contributed by atoms with E-state index in [0.717, 1.165) is 0 Å². The Balaban J connectivity index is -0.00000180. The molecule has 0 bridgehead atoms. The molecule has 0 fully saturated rings. The molecule has 130 valence electrons. The van der Waals surface area contributed by atoms with Crippen LogP contribution >= 0.6 is 0 Å². The van der Waals surface area contributed by atoms with Crippen LogP contribution in [0.2, 0.25) is 0 Å². The monoisotopic (exact) mass is 324 g/mol. The Morgan fingerprint density at radius 2 is 1.41 bits per heavy atom. The molecule has 22 heavy (non-hydrogen) atoms. The predicted octanol–water partition coefficient (Wildman–Crippen LogP) is 0.116. The summed E-state index contributed by atoms with van der Waals surface area (Å²) in [5.41, 5.74) is 0. The summed E-state index contributed by atoms with van der Waals surface area (Å²) in [5.74, 6) is -2.07. The highest BCUT2D eigenvalue weighted by atomic mass is 16.7. The van der Waals surface area contributed by atoms with Crippen LogP contribution in [0.5, 0.6) is 0 Å². The fourth-order valence-corrected chi connectivity index (χ4v) is 0.785. The molecule has 0 rings (SSSR count). The molecule has 0 aliphatic heterocycles. The van der Waals surface area contributed by atoms with Crippen LogP contribution in [0, 0.1) is 0 Å². The third kappa shape index (κ3) is 15.7. The Kier molecular flexibility index (Phi) is 16.8. The van der Waals surface area contributed by atoms with Crippen molar-refractivity contribution in [2.24, 2.45) is 0 Å². The second kappa shape index (κ2) is 15.0. The van der Waals surface area contributed by atoms with E-state index < -0.39 is 31.2 Å². The normalized spacial score (nSPS) is 8.45. The SMILES string of the molecule is C.C.COCOC(=O)CC(=O)OCOC(=O)NCNC(C)=O. The van der Waals surface area contributed by atoms with Crippen LogP contribution < -0.4 is 10.6 Å². The van der Waals surface area contributed by atoms with Gasteiger partial charge in [-0.3, -0.25) is 14.4 Å². The maximum Gasteiger partial charge on any atom is 0.411 e. The number of rotatable bonds is 8. The standard InChI is InChI=1S/C10H16N2O8.2CH4/c1-7(13)11-4-12-10(16)20-6-19-9(15)3-8(14)18-5-17-2;;/h3-6H2,1-2H3,(H,11,13)(H,12,16);2*1H4. The number of hydrogen-bond acceptors (Lipinski definition) is 8. The summed E-state index contributed by atoms with van der Waals surface area (Å²) < 4.78 is 17.8. The third-order valence-corrected chi connectivity index (χ3v) is 1.61. The highest BCUT2D eigenvalue weighted by molar-refractivity contribution is 5.91. The van der Waals surface area contributed by atoms with Crippen molar-refractivity contribution in [3.63, 3.8) is 0 Å². The number of carbonyl (C=O) groups excluding carboxylic acids is 4. The second-order valence-corrected chi connectivity index (χ2v) is 3.25. The number of hydrogen-bond donors (Lipinski definition) is 2. The maximum absolute atomic E-state index is 11.1. The number of amides is 2. The maximum atomic E-state index is 11.1. The molecule has 0 aromatic heterocycles. The fraction of sp³-hybridized carbons (Fsp3) is 0.667. The van der Waals surface area contributed by atoms with Crippen molar-refractivity contribution in [3.8, 4) is 0 Å². The summed E-state index contributed by atoms with van der Waals surface area (Å²) in [5, 5.41) is 4.45. The lowest BCUT2D eigenvalue weighted by atomic mass is 10.4. The molecule has 10 nitrogen and oxygen atoms in total. The van der Waals surface area contributed by atoms with E-state index in [1.54, 1.807) is 0 Å². The number of ether oxygens (including phenoxy) is 4. The lowest BCUT2D eigenvalue weighted by Gasteiger charge is -2.08. The first kappa shape index (κ1) is 24.6. The average molecular weight is 324 g/mol. The smallest absolute Gasteiger partial charge is 0.411 e. The van der Waals surface area contributed by atoms with Crippen LogP contribution in [0.3, 0.4) is 0 Å². The molecular formula is C12H24N2O8. The van der Waals surface area contributed by atoms with E-state index in [9.17, 15) is 19.2 Å². The first-order valence-corrected chi connectivity index (χ1v) is 5.41. The molecule has 0 aliphatic carbocycles. The topological polar surface area (TPSA) is 129 Å². The van der Waals surface area contributed by atoms with Crippen LogP contribution in [0.25, 0.3) is 0 Å². The zero-order valence-electron chi connectivity index (χ0n) is 11.1. The minimum Gasteiger partial charge on any atom is -0.438 e. The fourth-order valence-electron chi connectivity index (χ4n) is 0.785. The zero-order chi connectivity index (χ0) is 15.4. The van der Waals surface area contributed by atoms with Crippen molar-refractivity contribution in [3.05, 3.63) is 0 Å². The van der Waals surface area contributed by atoms with Crippen LogP contribution in [0.4, 0.5) is 4.79 Å². The van der Waals surface area contributed by atoms with Crippen molar-refractivity contribution >= 4 is 23.9 Å². The van der Waals surface area contributed by atoms with E-state index in [1.807, 2.05) is 0 Å². The van der Waals surface area contributed by atoms with Crippen molar-refractivity contribution in [1.29, 1.82) is 0 Å². The number of nitrogens with one attached hydrogen (secondary N) is 2. The summed E-state index contributed by atoms with van der Waals surface area (Å²) in [6, 6.07) is 0. The molecule has 0 spiro atoms. The Hall–Kier alpha value is -2.36. The average Bonchev–Trinajstić information content (AvgIpc) is 2.35. The van der Waals surface area contributed by atoms with Crippen LogP contribution in [-0.4, -0.2) is 51.3 Å². The zero-order valence-corrected chi connectivity index (χ0v) is 11.1. The summed E-state index contributed by atoms with van der Waals surface area (Å²) >= 11 is 0. The molecule has 10 heteroatoms. The van der Waals surface area contributed by atoms with Gasteiger partial charge in [0.25, 0.3) is 0 Å². The second-order valence-electron chi connectivity index (χ2n) is 3.25. The Bertz CT molecular complexity index is 359. The molecule has 0 aliphatic rings. The van der Waals surface area contributed by atoms with Gasteiger partial charge in [0, 0.05) is 14.0 Å². The van der Waals surface area contributed by atoms with E-state index in [0.29, 0.717) is 0 Å². The first-order chi connectivity index (χ1) is 9.45. The molecular weight excluding hydrogens is 300 g/mol. The molecule has 0 heterocycles. The van der Waals surface area contributed by atoms with Gasteiger partial charge in [0.2, 0.25) is 12.7 Å². The van der Waals surface area contributed by atoms with Gasteiger partial charge < -0.3 is 29.6 Å². The summed E-state index contributed by atoms with van der Waals surface area (Å²) in [4.78, 5) is 43.5. The molecule has 0 unspecified atom stereocenters. The van der Waals surface area contributed by atoms with Gasteiger partial charge in [-0.05, 0) is 0 Å². The molecule has 0 aromatic carbocycles. The third-order valence-electron chi connectivity index (χ3n) is 1.61. The van der Waals surface area contributed by atoms with E-state index in [4.69, 9.17) is 0 Å². The van der Waals surface area contributed by atoms with Gasteiger partial charge in [-0.2, -0.15) is 0 Å². The molecule has 0 atom stereocenters. The highest BCUT2D eigenvalue weighted by Gasteiger charge is 2.12. The van der Waals surface area contributed by atoms with E-state index in [-0.39, 0.29) is 34.2 Å². The molecule has 0 radical (unpaired) electrons. The van der Waals surface area contributed by atoms with Crippen molar-refractivity contribution in [1.82, 2.24) is 10.6 Å². The minimum absolute atomic E-state index is 0. The predicted molar refractivity (Wildman–Crippen MR) is 75.3 cm³/mol. The molecule has 2 amide bonds. The lowest BCUT2D eigenvalue weighted by molar-refractivity contribution is -0.164. The van der Waals surface area contributed by atoms with Crippen LogP contribution in [0.15, 0.2) is 0 Å². The molecule has 0 saturated heterocycles. The summed E-state index contributed by atoms with van der Waals surface area (Å²) in [6.07, 6.45) is -1.52. The van der Waals surface area contributed by atoms with Gasteiger partial charge in [-0.15, -0.1) is 0 Å². The Morgan fingerprint density at radius 3 is 1.91 bits per heavy atom. The van der Waals surface area contributed by atoms with Gasteiger partial charge in [-0.1, -0.05) is 14.9 Å². The Labute approximate surface area is 129 Å². The van der Waals surface area contributed by atoms with E-state index in [2.05, 4.69) is 29.6 Å². The van der Waals surface area contributed by atoms with Gasteiger partial charge >= 0.3 is 18.0 Å². The van der Waals surface area contributed by atoms with Crippen molar-refractivity contribution in [2.45, 2.75) is 28.2 Å². The lowest BCUT2D eigenvalue weighted by Crippen LogP contribution is -2.36. The molecule has 0 saturated carbocycles. The van der Waals surface area contributed by atoms with E-state index >= 15 is 0 Å². The highest BCUT2D eigenvalue weighted by Crippen LogP contribution is 1.92. The molecule has 0 aromatic rings. The largest absolute Gasteiger partial charge is 0.438 e. The van der Waals surface area contributed by atoms with Gasteiger partial charge in [0.1, 0.15) is 6.42 Å². The number of carbonyl (C=O) groups is 4. The van der Waals surface area contributed by atoms with Gasteiger partial charge in [-0.25, -0.2) is 4.79 Å². The summed E-state index contributed by atoms with van der Waals surface area (Å²) in [6.45, 7) is 0.222. The van der Waals surface area contributed by atoms with Gasteiger partial charge in [0.15, 0.2) is 6.79 Å². The first-order valence-electron chi connectivity index (χ1n) is 5.41. The van der Waals surface area contributed by atoms with Gasteiger partial charge in [0.05, 0.1) is 6.67 Å². The Morgan fingerprint density at radius 1 is 0.864 bits per heavy atom. The minimum atomic E-state index is -0.916. The van der Waals surface area contributed by atoms with Crippen LogP contribution in [0.1, 0.15) is 28.2 Å².